The first kappa shape index (κ1) is 77.9. The van der Waals surface area contributed by atoms with Crippen molar-refractivity contribution in [1.82, 2.24) is 18.3 Å². The van der Waals surface area contributed by atoms with Gasteiger partial charge in [-0.15, -0.1) is 0 Å². The molecule has 0 saturated heterocycles. The number of aromatic nitrogens is 4. The van der Waals surface area contributed by atoms with Crippen molar-refractivity contribution in [2.45, 2.75) is 95.4 Å². The van der Waals surface area contributed by atoms with Crippen LogP contribution in [-0.2, 0) is 12.4 Å². The molecule has 0 spiro atoms. The third kappa shape index (κ3) is 11.8. The van der Waals surface area contributed by atoms with Gasteiger partial charge in [-0.2, -0.15) is 26.3 Å². The Morgan fingerprint density at radius 1 is 0.198 bits per heavy atom. The number of para-hydroxylation sites is 8. The Bertz CT molecular complexity index is 7250. The molecule has 0 aliphatic rings. The van der Waals surface area contributed by atoms with Gasteiger partial charge in [0.2, 0.25) is 13.4 Å². The SMILES string of the molecule is Cc1cc(-n2c3ccccc3c3ccccc32)cc(C)c1B(c1c(C)cc(-n2c3ccccc3c3ccccc32)cc1C)c1cc(-c2c(C)cc(C(F)(F)F)cc2C)c2ccc3c(B(c4c(C)cc(-n5c6ccccc6c6ccccc65)cc4C)c4c(C)cc(-n5c6ccccc6c6ccccc65)cc4C)cc(-c4c(C)cc(C(F)(F)F)cc4C)c4ccc1c2c34. The minimum absolute atomic E-state index is 0.466. The minimum Gasteiger partial charge on any atom is -0.309 e. The number of aryl methyl sites for hydroxylation is 12. The van der Waals surface area contributed by atoms with Crippen molar-refractivity contribution in [2.24, 2.45) is 0 Å². The van der Waals surface area contributed by atoms with Crippen LogP contribution in [0.15, 0.2) is 303 Å². The minimum atomic E-state index is -4.64. The maximum atomic E-state index is 15.5. The normalized spacial score (nSPS) is 12.4. The lowest BCUT2D eigenvalue weighted by atomic mass is 9.33. The fourth-order valence-electron chi connectivity index (χ4n) is 22.9. The molecule has 22 aromatic rings. The zero-order valence-electron chi connectivity index (χ0n) is 72.1. The van der Waals surface area contributed by atoms with Crippen LogP contribution in [0.4, 0.5) is 26.3 Å². The summed E-state index contributed by atoms with van der Waals surface area (Å²) in [4.78, 5) is 0. The van der Waals surface area contributed by atoms with Gasteiger partial charge >= 0.3 is 12.4 Å². The van der Waals surface area contributed by atoms with Crippen LogP contribution in [0.25, 0.3) is 165 Å². The smallest absolute Gasteiger partial charge is 0.309 e. The van der Waals surface area contributed by atoms with E-state index in [-0.39, 0.29) is 0 Å². The molecule has 0 bridgehead atoms. The number of benzene rings is 18. The highest BCUT2D eigenvalue weighted by Gasteiger charge is 2.39. The van der Waals surface area contributed by atoms with Gasteiger partial charge in [0.25, 0.3) is 0 Å². The maximum absolute atomic E-state index is 15.5. The van der Waals surface area contributed by atoms with Crippen molar-refractivity contribution in [3.63, 3.8) is 0 Å². The molecular weight excluding hydrogens is 1560 g/mol. The summed E-state index contributed by atoms with van der Waals surface area (Å²) >= 11 is 0. The van der Waals surface area contributed by atoms with Crippen LogP contribution in [0.2, 0.25) is 0 Å². The first-order valence-electron chi connectivity index (χ1n) is 43.3. The fourth-order valence-corrected chi connectivity index (χ4v) is 22.9. The number of nitrogens with zero attached hydrogens (tertiary/aromatic N) is 4. The van der Waals surface area contributed by atoms with Gasteiger partial charge in [-0.1, -0.05) is 259 Å². The van der Waals surface area contributed by atoms with E-state index in [0.717, 1.165) is 231 Å². The van der Waals surface area contributed by atoms with Crippen molar-refractivity contribution in [3.8, 4) is 45.0 Å². The van der Waals surface area contributed by atoms with E-state index in [2.05, 4.69) is 353 Å². The molecule has 0 radical (unpaired) electrons. The van der Waals surface area contributed by atoms with Crippen molar-refractivity contribution < 1.29 is 26.3 Å². The molecule has 0 saturated carbocycles. The zero-order chi connectivity index (χ0) is 86.7. The Labute approximate surface area is 727 Å². The highest BCUT2D eigenvalue weighted by molar-refractivity contribution is 6.99. The van der Waals surface area contributed by atoms with Crippen LogP contribution in [0.5, 0.6) is 0 Å². The van der Waals surface area contributed by atoms with E-state index in [4.69, 9.17) is 0 Å². The topological polar surface area (TPSA) is 19.7 Å². The van der Waals surface area contributed by atoms with E-state index in [1.807, 2.05) is 0 Å². The summed E-state index contributed by atoms with van der Waals surface area (Å²) in [5.41, 5.74) is 30.6. The predicted octanol–water partition coefficient (Wildman–Crippen LogP) is 27.1. The number of hydrogen-bond donors (Lipinski definition) is 0. The first-order chi connectivity index (χ1) is 60.8. The Hall–Kier alpha value is -14.1. The van der Waals surface area contributed by atoms with Crippen LogP contribution in [0, 0.1) is 83.1 Å². The number of alkyl halides is 6. The number of rotatable bonds is 12. The molecule has 126 heavy (non-hydrogen) atoms. The molecule has 18 aromatic carbocycles. The molecular formula is C114H86B2F6N4. The molecule has 0 aliphatic carbocycles. The van der Waals surface area contributed by atoms with Gasteiger partial charge in [-0.05, 0) is 281 Å². The van der Waals surface area contributed by atoms with Crippen molar-refractivity contribution in [2.75, 3.05) is 0 Å². The fraction of sp³-hybridized carbons (Fsp3) is 0.123. The molecule has 12 heteroatoms. The van der Waals surface area contributed by atoms with Gasteiger partial charge in [0.05, 0.1) is 55.3 Å². The number of halogens is 6. The molecule has 0 atom stereocenters. The van der Waals surface area contributed by atoms with Gasteiger partial charge < -0.3 is 18.3 Å². The van der Waals surface area contributed by atoms with Gasteiger partial charge in [0.1, 0.15) is 0 Å². The number of hydrogen-bond acceptors (Lipinski definition) is 0. The standard InChI is InChI=1S/C114H86B2F6N4/c1-63-49-75(113(117,118)119)50-64(2)105(63)93-61-95(115(109-67(5)53-77(54-68(109)6)123-97-37-21-13-29-81(97)82-30-14-22-38-98(82)123)110-69(7)55-78(56-70(110)8)124-99-39-23-15-31-83(99)84-32-16-24-40-100(84)124)91-48-46-90-94(106-65(3)51-76(52-66(106)4)114(120,121)122)62-96(92-47-45-89(93)107(91)108(90)92)116(111-71(9)57-79(58-72(111)10)125-101-41-25-17-33-85(101)86-34-18-26-42-102(86)125)112-73(11)59-80(60-74(112)12)126-103-43-27-19-35-87(103)88-36-20-28-44-104(88)126/h13-62H,1-12H3. The lowest BCUT2D eigenvalue weighted by Crippen LogP contribution is -2.56. The Balaban J connectivity index is 0.887. The average molecular weight is 1650 g/mol. The molecule has 4 nitrogen and oxygen atoms in total. The average Bonchev–Trinajstić information content (AvgIpc) is 1.58. The second kappa shape index (κ2) is 28.7. The Morgan fingerprint density at radius 2 is 0.381 bits per heavy atom. The predicted molar refractivity (Wildman–Crippen MR) is 520 cm³/mol. The van der Waals surface area contributed by atoms with Crippen molar-refractivity contribution in [3.05, 3.63) is 381 Å². The first-order valence-corrected chi connectivity index (χ1v) is 43.3. The summed E-state index contributed by atoms with van der Waals surface area (Å²) in [7, 11) is 0. The lowest BCUT2D eigenvalue weighted by molar-refractivity contribution is -0.138. The molecule has 610 valence electrons. The summed E-state index contributed by atoms with van der Waals surface area (Å²) in [6, 6.07) is 106. The zero-order valence-corrected chi connectivity index (χ0v) is 72.1. The molecule has 0 fully saturated rings. The van der Waals surface area contributed by atoms with Crippen LogP contribution in [-0.4, -0.2) is 31.7 Å². The summed E-state index contributed by atoms with van der Waals surface area (Å²) in [6.45, 7) is 24.0. The highest BCUT2D eigenvalue weighted by Crippen LogP contribution is 2.48. The maximum Gasteiger partial charge on any atom is 0.416 e. The molecule has 0 unspecified atom stereocenters. The molecule has 0 N–H and O–H groups in total. The monoisotopic (exact) mass is 1650 g/mol. The second-order valence-corrected chi connectivity index (χ2v) is 35.4. The molecule has 4 aromatic heterocycles. The Morgan fingerprint density at radius 3 is 0.571 bits per heavy atom. The summed E-state index contributed by atoms with van der Waals surface area (Å²) < 4.78 is 103. The van der Waals surface area contributed by atoms with E-state index in [1.54, 1.807) is 27.7 Å². The summed E-state index contributed by atoms with van der Waals surface area (Å²) in [5.74, 6) is 0. The van der Waals surface area contributed by atoms with Crippen LogP contribution >= 0.6 is 0 Å². The van der Waals surface area contributed by atoms with E-state index < -0.39 is 36.9 Å². The molecule has 4 heterocycles. The van der Waals surface area contributed by atoms with Gasteiger partial charge in [0, 0.05) is 65.8 Å². The van der Waals surface area contributed by atoms with Gasteiger partial charge in [-0.3, -0.25) is 0 Å². The quantitative estimate of drug-likeness (QED) is 0.0660. The van der Waals surface area contributed by atoms with Gasteiger partial charge in [-0.25, -0.2) is 0 Å². The third-order valence-corrected chi connectivity index (χ3v) is 27.7. The van der Waals surface area contributed by atoms with Crippen LogP contribution in [0.3, 0.4) is 0 Å². The Kier molecular flexibility index (Phi) is 17.8. The third-order valence-electron chi connectivity index (χ3n) is 27.7. The van der Waals surface area contributed by atoms with E-state index in [0.29, 0.717) is 33.4 Å². The van der Waals surface area contributed by atoms with Gasteiger partial charge in [0.15, 0.2) is 0 Å². The van der Waals surface area contributed by atoms with E-state index in [9.17, 15) is 0 Å². The van der Waals surface area contributed by atoms with Crippen molar-refractivity contribution in [1.29, 1.82) is 0 Å². The molecule has 0 amide bonds. The largest absolute Gasteiger partial charge is 0.416 e. The highest BCUT2D eigenvalue weighted by atomic mass is 19.4. The van der Waals surface area contributed by atoms with E-state index in [1.165, 1.54) is 24.3 Å². The van der Waals surface area contributed by atoms with Crippen LogP contribution in [0.1, 0.15) is 77.9 Å². The molecule has 22 rings (SSSR count). The second-order valence-electron chi connectivity index (χ2n) is 35.4. The van der Waals surface area contributed by atoms with Crippen LogP contribution < -0.4 is 32.8 Å². The summed E-state index contributed by atoms with van der Waals surface area (Å²) in [6.07, 6.45) is -9.29. The lowest BCUT2D eigenvalue weighted by Gasteiger charge is -2.30. The molecule has 0 aliphatic heterocycles. The number of fused-ring (bicyclic) bond motifs is 12. The van der Waals surface area contributed by atoms with Crippen molar-refractivity contribution >= 4 is 166 Å². The summed E-state index contributed by atoms with van der Waals surface area (Å²) in [5, 5.41) is 14.5. The van der Waals surface area contributed by atoms with E-state index >= 15 is 26.3 Å².